The highest BCUT2D eigenvalue weighted by Gasteiger charge is 2.31. The quantitative estimate of drug-likeness (QED) is 0.875. The summed E-state index contributed by atoms with van der Waals surface area (Å²) in [5.74, 6) is -0.456. The molecule has 8 heteroatoms. The molecule has 1 aromatic rings. The van der Waals surface area contributed by atoms with Gasteiger partial charge < -0.3 is 14.6 Å². The first kappa shape index (κ1) is 14.1. The average molecular weight is 265 g/mol. The van der Waals surface area contributed by atoms with Gasteiger partial charge in [-0.1, -0.05) is 6.07 Å². The number of anilines is 1. The van der Waals surface area contributed by atoms with E-state index < -0.39 is 18.2 Å². The monoisotopic (exact) mass is 265 g/mol. The summed E-state index contributed by atoms with van der Waals surface area (Å²) in [6.07, 6.45) is -5.68. The molecule has 0 heterocycles. The molecule has 0 aliphatic rings. The van der Waals surface area contributed by atoms with Crippen LogP contribution in [0, 0.1) is 0 Å². The molecule has 1 aromatic carbocycles. The van der Waals surface area contributed by atoms with E-state index in [1.54, 1.807) is 0 Å². The third-order valence-corrected chi connectivity index (χ3v) is 1.64. The Bertz CT molecular complexity index is 408. The Morgan fingerprint density at radius 2 is 2.11 bits per heavy atom. The number of alkyl halides is 3. The maximum atomic E-state index is 11.9. The van der Waals surface area contributed by atoms with Gasteiger partial charge in [-0.3, -0.25) is 5.32 Å². The van der Waals surface area contributed by atoms with Crippen molar-refractivity contribution in [3.63, 3.8) is 0 Å². The van der Waals surface area contributed by atoms with Crippen molar-refractivity contribution in [2.24, 2.45) is 0 Å². The molecule has 0 saturated carbocycles. The lowest BCUT2D eigenvalue weighted by Gasteiger charge is -2.10. The summed E-state index contributed by atoms with van der Waals surface area (Å²) in [7, 11) is 0. The molecule has 0 aromatic heterocycles. The average Bonchev–Trinajstić information content (AvgIpc) is 2.24. The summed E-state index contributed by atoms with van der Waals surface area (Å²) in [6.45, 7) is -0.546. The Morgan fingerprint density at radius 1 is 1.39 bits per heavy atom. The second-order valence-corrected chi connectivity index (χ2v) is 3.06. The second kappa shape index (κ2) is 6.10. The van der Waals surface area contributed by atoms with Gasteiger partial charge in [0.05, 0.1) is 6.61 Å². The number of aliphatic hydroxyl groups excluding tert-OH is 1. The Labute approximate surface area is 100 Å². The molecule has 2 N–H and O–H groups in total. The van der Waals surface area contributed by atoms with E-state index in [0.717, 1.165) is 12.1 Å². The van der Waals surface area contributed by atoms with Crippen LogP contribution in [0.5, 0.6) is 5.75 Å². The van der Waals surface area contributed by atoms with Gasteiger partial charge in [0.15, 0.2) is 0 Å². The molecule has 0 aliphatic heterocycles. The van der Waals surface area contributed by atoms with Crippen LogP contribution >= 0.6 is 0 Å². The smallest absolute Gasteiger partial charge is 0.447 e. The maximum Gasteiger partial charge on any atom is 0.573 e. The number of carbonyl (C=O) groups excluding carboxylic acids is 1. The number of rotatable bonds is 4. The van der Waals surface area contributed by atoms with Gasteiger partial charge in [-0.2, -0.15) is 0 Å². The van der Waals surface area contributed by atoms with E-state index in [2.05, 4.69) is 14.8 Å². The molecular weight excluding hydrogens is 255 g/mol. The first-order chi connectivity index (χ1) is 8.40. The molecule has 5 nitrogen and oxygen atoms in total. The summed E-state index contributed by atoms with van der Waals surface area (Å²) in [5.41, 5.74) is 0.0830. The van der Waals surface area contributed by atoms with Gasteiger partial charge in [-0.05, 0) is 12.1 Å². The third-order valence-electron chi connectivity index (χ3n) is 1.64. The number of nitrogens with one attached hydrogen (secondary N) is 1. The Kier molecular flexibility index (Phi) is 4.78. The van der Waals surface area contributed by atoms with Crippen LogP contribution in [0.2, 0.25) is 0 Å². The van der Waals surface area contributed by atoms with Gasteiger partial charge in [0.25, 0.3) is 0 Å². The van der Waals surface area contributed by atoms with E-state index in [1.807, 2.05) is 0 Å². The van der Waals surface area contributed by atoms with Crippen molar-refractivity contribution in [1.82, 2.24) is 0 Å². The van der Waals surface area contributed by atoms with Crippen LogP contribution in [0.25, 0.3) is 0 Å². The molecule has 0 radical (unpaired) electrons. The zero-order valence-corrected chi connectivity index (χ0v) is 9.03. The van der Waals surface area contributed by atoms with Crippen molar-refractivity contribution < 1.29 is 32.5 Å². The number of ether oxygens (including phenoxy) is 2. The lowest BCUT2D eigenvalue weighted by atomic mass is 10.3. The topological polar surface area (TPSA) is 67.8 Å². The Morgan fingerprint density at radius 3 is 2.72 bits per heavy atom. The fourth-order valence-electron chi connectivity index (χ4n) is 1.06. The highest BCUT2D eigenvalue weighted by Crippen LogP contribution is 2.24. The molecule has 0 unspecified atom stereocenters. The first-order valence-corrected chi connectivity index (χ1v) is 4.81. The van der Waals surface area contributed by atoms with Crippen molar-refractivity contribution >= 4 is 11.8 Å². The van der Waals surface area contributed by atoms with E-state index in [0.29, 0.717) is 0 Å². The van der Waals surface area contributed by atoms with Crippen LogP contribution in [0.3, 0.4) is 0 Å². The van der Waals surface area contributed by atoms with Gasteiger partial charge in [0.2, 0.25) is 0 Å². The number of benzene rings is 1. The molecule has 18 heavy (non-hydrogen) atoms. The van der Waals surface area contributed by atoms with Crippen molar-refractivity contribution in [3.8, 4) is 5.75 Å². The van der Waals surface area contributed by atoms with Gasteiger partial charge in [-0.25, -0.2) is 4.79 Å². The fourth-order valence-corrected chi connectivity index (χ4v) is 1.06. The number of aliphatic hydroxyl groups is 1. The van der Waals surface area contributed by atoms with Crippen LogP contribution in [-0.4, -0.2) is 30.8 Å². The SMILES string of the molecule is O=C(Nc1cccc(OC(F)(F)F)c1)OCCO. The van der Waals surface area contributed by atoms with Gasteiger partial charge in [0, 0.05) is 11.8 Å². The number of halogens is 3. The van der Waals surface area contributed by atoms with Crippen LogP contribution < -0.4 is 10.1 Å². The second-order valence-electron chi connectivity index (χ2n) is 3.06. The molecular formula is C10H10F3NO4. The molecule has 0 atom stereocenters. The van der Waals surface area contributed by atoms with Crippen LogP contribution in [0.4, 0.5) is 23.7 Å². The Hall–Kier alpha value is -1.96. The molecule has 1 rings (SSSR count). The minimum absolute atomic E-state index is 0.0830. The van der Waals surface area contributed by atoms with E-state index in [9.17, 15) is 18.0 Å². The highest BCUT2D eigenvalue weighted by atomic mass is 19.4. The van der Waals surface area contributed by atoms with Crippen LogP contribution in [0.15, 0.2) is 24.3 Å². The van der Waals surface area contributed by atoms with E-state index in [4.69, 9.17) is 5.11 Å². The van der Waals surface area contributed by atoms with Crippen molar-refractivity contribution in [2.45, 2.75) is 6.36 Å². The van der Waals surface area contributed by atoms with Gasteiger partial charge >= 0.3 is 12.5 Å². The Balaban J connectivity index is 2.62. The van der Waals surface area contributed by atoms with E-state index >= 15 is 0 Å². The largest absolute Gasteiger partial charge is 0.573 e. The van der Waals surface area contributed by atoms with Gasteiger partial charge in [0.1, 0.15) is 12.4 Å². The minimum Gasteiger partial charge on any atom is -0.447 e. The number of carbonyl (C=O) groups is 1. The predicted molar refractivity (Wildman–Crippen MR) is 55.2 cm³/mol. The highest BCUT2D eigenvalue weighted by molar-refractivity contribution is 5.84. The molecule has 1 amide bonds. The molecule has 0 spiro atoms. The lowest BCUT2D eigenvalue weighted by Crippen LogP contribution is -2.18. The molecule has 0 aliphatic carbocycles. The van der Waals surface area contributed by atoms with Crippen LogP contribution in [-0.2, 0) is 4.74 Å². The number of hydrogen-bond donors (Lipinski definition) is 2. The zero-order valence-electron chi connectivity index (χ0n) is 9.03. The zero-order chi connectivity index (χ0) is 13.6. The summed E-state index contributed by atoms with van der Waals surface area (Å²) >= 11 is 0. The normalized spacial score (nSPS) is 10.9. The molecule has 0 fully saturated rings. The standard InChI is InChI=1S/C10H10F3NO4/c11-10(12,13)18-8-3-1-2-7(6-8)14-9(16)17-5-4-15/h1-3,6,15H,4-5H2,(H,14,16). The predicted octanol–water partition coefficient (Wildman–Crippen LogP) is 2.13. The van der Waals surface area contributed by atoms with Gasteiger partial charge in [-0.15, -0.1) is 13.2 Å². The number of hydrogen-bond acceptors (Lipinski definition) is 4. The lowest BCUT2D eigenvalue weighted by molar-refractivity contribution is -0.274. The van der Waals surface area contributed by atoms with Crippen LogP contribution in [0.1, 0.15) is 0 Å². The van der Waals surface area contributed by atoms with Crippen molar-refractivity contribution in [2.75, 3.05) is 18.5 Å². The maximum absolute atomic E-state index is 11.9. The molecule has 100 valence electrons. The summed E-state index contributed by atoms with van der Waals surface area (Å²) < 4.78 is 44.0. The summed E-state index contributed by atoms with van der Waals surface area (Å²) in [6, 6.07) is 4.73. The first-order valence-electron chi connectivity index (χ1n) is 4.81. The minimum atomic E-state index is -4.80. The summed E-state index contributed by atoms with van der Waals surface area (Å²) in [5, 5.41) is 10.6. The summed E-state index contributed by atoms with van der Waals surface area (Å²) in [4.78, 5) is 11.1. The molecule has 0 bridgehead atoms. The van der Waals surface area contributed by atoms with E-state index in [-0.39, 0.29) is 18.9 Å². The van der Waals surface area contributed by atoms with E-state index in [1.165, 1.54) is 12.1 Å². The fraction of sp³-hybridized carbons (Fsp3) is 0.300. The number of amides is 1. The third kappa shape index (κ3) is 5.39. The molecule has 0 saturated heterocycles. The van der Waals surface area contributed by atoms with Crippen molar-refractivity contribution in [1.29, 1.82) is 0 Å². The van der Waals surface area contributed by atoms with Crippen molar-refractivity contribution in [3.05, 3.63) is 24.3 Å².